The molecule has 0 unspecified atom stereocenters. The van der Waals surface area contributed by atoms with Gasteiger partial charge in [0, 0.05) is 12.6 Å². The second-order valence-corrected chi connectivity index (χ2v) is 4.55. The summed E-state index contributed by atoms with van der Waals surface area (Å²) in [7, 11) is 0. The van der Waals surface area contributed by atoms with Crippen LogP contribution in [0.25, 0.3) is 0 Å². The number of nitrogens with zero attached hydrogens (tertiary/aromatic N) is 1. The van der Waals surface area contributed by atoms with Crippen molar-refractivity contribution in [3.05, 3.63) is 28.8 Å². The number of amides is 1. The summed E-state index contributed by atoms with van der Waals surface area (Å²) in [6.07, 6.45) is 0. The largest absolute Gasteiger partial charge is 0.368 e. The van der Waals surface area contributed by atoms with Gasteiger partial charge < -0.3 is 16.4 Å². The fraction of sp³-hybridized carbons (Fsp3) is 0.417. The van der Waals surface area contributed by atoms with E-state index in [1.54, 1.807) is 6.07 Å². The van der Waals surface area contributed by atoms with Crippen LogP contribution in [-0.4, -0.2) is 18.5 Å². The standard InChI is InChI=1S/C12H18ClN3O/c1-8(2)16(7-11(15)17)12-9(6-14)4-3-5-10(12)13/h3-5,8H,6-7,14H2,1-2H3,(H2,15,17). The van der Waals surface area contributed by atoms with E-state index < -0.39 is 0 Å². The highest BCUT2D eigenvalue weighted by Gasteiger charge is 2.18. The number of hydrogen-bond acceptors (Lipinski definition) is 3. The Balaban J connectivity index is 3.21. The van der Waals surface area contributed by atoms with Crippen molar-refractivity contribution >= 4 is 23.2 Å². The predicted molar refractivity (Wildman–Crippen MR) is 71.0 cm³/mol. The lowest BCUT2D eigenvalue weighted by Gasteiger charge is -2.30. The first kappa shape index (κ1) is 13.8. The summed E-state index contributed by atoms with van der Waals surface area (Å²) >= 11 is 6.18. The molecule has 0 spiro atoms. The van der Waals surface area contributed by atoms with Gasteiger partial charge in [0.15, 0.2) is 0 Å². The van der Waals surface area contributed by atoms with E-state index >= 15 is 0 Å². The minimum atomic E-state index is -0.387. The Morgan fingerprint density at radius 1 is 1.47 bits per heavy atom. The zero-order chi connectivity index (χ0) is 13.0. The SMILES string of the molecule is CC(C)N(CC(N)=O)c1c(Cl)cccc1CN. The highest BCUT2D eigenvalue weighted by Crippen LogP contribution is 2.30. The van der Waals surface area contributed by atoms with Gasteiger partial charge in [0.25, 0.3) is 0 Å². The number of nitrogens with two attached hydrogens (primary N) is 2. The summed E-state index contributed by atoms with van der Waals surface area (Å²) in [4.78, 5) is 13.0. The van der Waals surface area contributed by atoms with Gasteiger partial charge in [-0.15, -0.1) is 0 Å². The average Bonchev–Trinajstić information content (AvgIpc) is 2.25. The van der Waals surface area contributed by atoms with Crippen LogP contribution in [0.4, 0.5) is 5.69 Å². The fourth-order valence-electron chi connectivity index (χ4n) is 1.73. The molecule has 0 aliphatic carbocycles. The van der Waals surface area contributed by atoms with E-state index in [9.17, 15) is 4.79 Å². The first-order valence-electron chi connectivity index (χ1n) is 5.49. The van der Waals surface area contributed by atoms with Gasteiger partial charge in [0.2, 0.25) is 5.91 Å². The van der Waals surface area contributed by atoms with Crippen LogP contribution in [0, 0.1) is 0 Å². The summed E-state index contributed by atoms with van der Waals surface area (Å²) in [6, 6.07) is 5.65. The number of carbonyl (C=O) groups is 1. The monoisotopic (exact) mass is 255 g/mol. The van der Waals surface area contributed by atoms with Crippen molar-refractivity contribution < 1.29 is 4.79 Å². The highest BCUT2D eigenvalue weighted by molar-refractivity contribution is 6.33. The number of benzene rings is 1. The number of halogens is 1. The molecular weight excluding hydrogens is 238 g/mol. The Labute approximate surface area is 107 Å². The number of hydrogen-bond donors (Lipinski definition) is 2. The summed E-state index contributed by atoms with van der Waals surface area (Å²) in [5, 5.41) is 0.586. The molecule has 0 saturated carbocycles. The van der Waals surface area contributed by atoms with E-state index in [2.05, 4.69) is 0 Å². The van der Waals surface area contributed by atoms with Crippen LogP contribution in [0.5, 0.6) is 0 Å². The van der Waals surface area contributed by atoms with Crippen molar-refractivity contribution in [2.45, 2.75) is 26.4 Å². The molecule has 1 aromatic carbocycles. The first-order valence-corrected chi connectivity index (χ1v) is 5.87. The average molecular weight is 256 g/mol. The molecule has 0 bridgehead atoms. The van der Waals surface area contributed by atoms with Crippen LogP contribution in [-0.2, 0) is 11.3 Å². The Bertz CT molecular complexity index is 407. The number of primary amides is 1. The molecule has 0 atom stereocenters. The molecule has 0 aromatic heterocycles. The normalized spacial score (nSPS) is 10.6. The van der Waals surface area contributed by atoms with Crippen molar-refractivity contribution in [2.24, 2.45) is 11.5 Å². The van der Waals surface area contributed by atoms with Gasteiger partial charge in [0.1, 0.15) is 0 Å². The van der Waals surface area contributed by atoms with Crippen molar-refractivity contribution in [1.82, 2.24) is 0 Å². The van der Waals surface area contributed by atoms with E-state index in [1.807, 2.05) is 30.9 Å². The Morgan fingerprint density at radius 3 is 2.59 bits per heavy atom. The number of carbonyl (C=O) groups excluding carboxylic acids is 1. The molecule has 94 valence electrons. The maximum Gasteiger partial charge on any atom is 0.236 e. The molecule has 0 aliphatic heterocycles. The topological polar surface area (TPSA) is 72.3 Å². The number of rotatable bonds is 5. The lowest BCUT2D eigenvalue weighted by molar-refractivity contribution is -0.116. The van der Waals surface area contributed by atoms with E-state index in [1.165, 1.54) is 0 Å². The third-order valence-corrected chi connectivity index (χ3v) is 2.83. The molecule has 5 heteroatoms. The molecule has 0 fully saturated rings. The van der Waals surface area contributed by atoms with Gasteiger partial charge >= 0.3 is 0 Å². The lowest BCUT2D eigenvalue weighted by Crippen LogP contribution is -2.39. The Hall–Kier alpha value is -1.26. The van der Waals surface area contributed by atoms with Crippen LogP contribution >= 0.6 is 11.6 Å². The first-order chi connectivity index (χ1) is 7.97. The van der Waals surface area contributed by atoms with E-state index in [-0.39, 0.29) is 18.5 Å². The molecule has 0 aliphatic rings. The van der Waals surface area contributed by atoms with Gasteiger partial charge in [0.05, 0.1) is 17.3 Å². The molecule has 0 radical (unpaired) electrons. The van der Waals surface area contributed by atoms with Crippen molar-refractivity contribution in [3.63, 3.8) is 0 Å². The molecular formula is C12H18ClN3O. The van der Waals surface area contributed by atoms with Gasteiger partial charge in [-0.2, -0.15) is 0 Å². The minimum absolute atomic E-state index is 0.118. The van der Waals surface area contributed by atoms with Crippen LogP contribution < -0.4 is 16.4 Å². The molecule has 0 heterocycles. The Morgan fingerprint density at radius 2 is 2.12 bits per heavy atom. The maximum atomic E-state index is 11.1. The van der Waals surface area contributed by atoms with Crippen LogP contribution in [0.3, 0.4) is 0 Å². The second kappa shape index (κ2) is 5.89. The smallest absolute Gasteiger partial charge is 0.236 e. The predicted octanol–water partition coefficient (Wildman–Crippen LogP) is 1.50. The van der Waals surface area contributed by atoms with Crippen molar-refractivity contribution in [2.75, 3.05) is 11.4 Å². The Kier molecular flexibility index (Phi) is 4.78. The zero-order valence-electron chi connectivity index (χ0n) is 10.1. The minimum Gasteiger partial charge on any atom is -0.368 e. The van der Waals surface area contributed by atoms with Crippen LogP contribution in [0.1, 0.15) is 19.4 Å². The molecule has 4 N–H and O–H groups in total. The van der Waals surface area contributed by atoms with Crippen molar-refractivity contribution in [1.29, 1.82) is 0 Å². The molecule has 0 saturated heterocycles. The van der Waals surface area contributed by atoms with Gasteiger partial charge in [-0.1, -0.05) is 23.7 Å². The summed E-state index contributed by atoms with van der Waals surface area (Å²) < 4.78 is 0. The molecule has 1 amide bonds. The second-order valence-electron chi connectivity index (χ2n) is 4.14. The van der Waals surface area contributed by atoms with Crippen molar-refractivity contribution in [3.8, 4) is 0 Å². The summed E-state index contributed by atoms with van der Waals surface area (Å²) in [6.45, 7) is 4.46. The molecule has 4 nitrogen and oxygen atoms in total. The highest BCUT2D eigenvalue weighted by atomic mass is 35.5. The number of anilines is 1. The maximum absolute atomic E-state index is 11.1. The van der Waals surface area contributed by atoms with E-state index in [4.69, 9.17) is 23.1 Å². The van der Waals surface area contributed by atoms with E-state index in [0.29, 0.717) is 11.6 Å². The fourth-order valence-corrected chi connectivity index (χ4v) is 2.04. The third-order valence-electron chi connectivity index (χ3n) is 2.53. The molecule has 1 rings (SSSR count). The molecule has 1 aromatic rings. The zero-order valence-corrected chi connectivity index (χ0v) is 10.9. The number of para-hydroxylation sites is 1. The lowest BCUT2D eigenvalue weighted by atomic mass is 10.1. The summed E-state index contributed by atoms with van der Waals surface area (Å²) in [5.41, 5.74) is 12.6. The van der Waals surface area contributed by atoms with E-state index in [0.717, 1.165) is 11.3 Å². The van der Waals surface area contributed by atoms with Gasteiger partial charge in [-0.3, -0.25) is 4.79 Å². The van der Waals surface area contributed by atoms with Gasteiger partial charge in [-0.25, -0.2) is 0 Å². The quantitative estimate of drug-likeness (QED) is 0.838. The summed E-state index contributed by atoms with van der Waals surface area (Å²) in [5.74, 6) is -0.387. The third kappa shape index (κ3) is 3.35. The van der Waals surface area contributed by atoms with Crippen LogP contribution in [0.2, 0.25) is 5.02 Å². The van der Waals surface area contributed by atoms with Gasteiger partial charge in [-0.05, 0) is 25.5 Å². The molecule has 17 heavy (non-hydrogen) atoms. The van der Waals surface area contributed by atoms with Crippen LogP contribution in [0.15, 0.2) is 18.2 Å².